The largest absolute Gasteiger partial charge is 0.445 e. The van der Waals surface area contributed by atoms with Crippen LogP contribution < -0.4 is 5.32 Å². The van der Waals surface area contributed by atoms with E-state index in [1.54, 1.807) is 4.90 Å². The summed E-state index contributed by atoms with van der Waals surface area (Å²) in [5.41, 5.74) is 0.220. The molecule has 176 valence electrons. The fourth-order valence-corrected chi connectivity index (χ4v) is 4.75. The zero-order valence-electron chi connectivity index (χ0n) is 19.4. The van der Waals surface area contributed by atoms with Gasteiger partial charge in [-0.25, -0.2) is 4.79 Å². The summed E-state index contributed by atoms with van der Waals surface area (Å²) in [5, 5.41) is 6.63. The number of rotatable bonds is 12. The van der Waals surface area contributed by atoms with Crippen LogP contribution in [0.4, 0.5) is 4.79 Å². The molecule has 1 heterocycles. The minimum Gasteiger partial charge on any atom is -0.445 e. The number of ether oxygens (including phenoxy) is 1. The summed E-state index contributed by atoms with van der Waals surface area (Å²) in [6.45, 7) is 8.67. The van der Waals surface area contributed by atoms with E-state index in [9.17, 15) is 14.5 Å². The number of piperidine rings is 1. The third-order valence-electron chi connectivity index (χ3n) is 6.41. The number of nitrogens with zero attached hydrogens (tertiary/aromatic N) is 2. The predicted molar refractivity (Wildman–Crippen MR) is 126 cm³/mol. The molecule has 32 heavy (non-hydrogen) atoms. The Balaban J connectivity index is 2.10. The Bertz CT molecular complexity index is 747. The van der Waals surface area contributed by atoms with Gasteiger partial charge < -0.3 is 15.0 Å². The Morgan fingerprint density at radius 3 is 2.56 bits per heavy atom. The number of amides is 2. The molecule has 0 spiro atoms. The van der Waals surface area contributed by atoms with Gasteiger partial charge >= 0.3 is 6.09 Å². The molecule has 1 aromatic carbocycles. The lowest BCUT2D eigenvalue weighted by Gasteiger charge is -2.47. The molecule has 2 atom stereocenters. The smallest absolute Gasteiger partial charge is 0.410 e. The summed E-state index contributed by atoms with van der Waals surface area (Å²) in [7, 11) is 0. The van der Waals surface area contributed by atoms with E-state index in [0.29, 0.717) is 45.2 Å². The SMILES string of the molecule is C=CCCC(NC(C)=O)(C1CCN(C(=O)OCc2ccccc2)CC1)C(CCCC)N=O. The molecule has 0 radical (unpaired) electrons. The third-order valence-corrected chi connectivity index (χ3v) is 6.41. The van der Waals surface area contributed by atoms with Crippen LogP contribution in [0.2, 0.25) is 0 Å². The highest BCUT2D eigenvalue weighted by atomic mass is 16.6. The molecule has 1 aromatic rings. The van der Waals surface area contributed by atoms with Crippen molar-refractivity contribution in [3.63, 3.8) is 0 Å². The lowest BCUT2D eigenvalue weighted by Crippen LogP contribution is -2.62. The highest BCUT2D eigenvalue weighted by Crippen LogP contribution is 2.38. The molecule has 0 saturated carbocycles. The second-order valence-corrected chi connectivity index (χ2v) is 8.61. The second-order valence-electron chi connectivity index (χ2n) is 8.61. The van der Waals surface area contributed by atoms with E-state index in [0.717, 1.165) is 18.4 Å². The summed E-state index contributed by atoms with van der Waals surface area (Å²) in [6, 6.07) is 9.08. The Hall–Kier alpha value is -2.70. The molecule has 2 unspecified atom stereocenters. The molecule has 2 rings (SSSR count). The van der Waals surface area contributed by atoms with Crippen molar-refractivity contribution in [2.24, 2.45) is 11.1 Å². The second kappa shape index (κ2) is 13.0. The molecular formula is C25H37N3O4. The Morgan fingerprint density at radius 2 is 2.00 bits per heavy atom. The normalized spacial score (nSPS) is 17.1. The molecular weight excluding hydrogens is 406 g/mol. The number of nitroso groups, excluding NO2 is 1. The Labute approximate surface area is 191 Å². The van der Waals surface area contributed by atoms with E-state index < -0.39 is 11.6 Å². The number of benzene rings is 1. The summed E-state index contributed by atoms with van der Waals surface area (Å²) in [5.74, 6) is -0.118. The number of unbranched alkanes of at least 4 members (excludes halogenated alkanes) is 1. The van der Waals surface area contributed by atoms with Gasteiger partial charge in [0.1, 0.15) is 12.6 Å². The molecule has 7 heteroatoms. The number of allylic oxidation sites excluding steroid dienone is 1. The van der Waals surface area contributed by atoms with Gasteiger partial charge in [0.2, 0.25) is 5.91 Å². The van der Waals surface area contributed by atoms with Crippen molar-refractivity contribution in [2.75, 3.05) is 13.1 Å². The zero-order chi connectivity index (χ0) is 23.4. The van der Waals surface area contributed by atoms with E-state index in [-0.39, 0.29) is 24.5 Å². The fourth-order valence-electron chi connectivity index (χ4n) is 4.75. The van der Waals surface area contributed by atoms with Crippen LogP contribution in [-0.2, 0) is 16.1 Å². The van der Waals surface area contributed by atoms with E-state index in [1.807, 2.05) is 36.4 Å². The quantitative estimate of drug-likeness (QED) is 0.355. The number of likely N-dealkylation sites (tertiary alicyclic amines) is 1. The first-order chi connectivity index (χ1) is 15.5. The van der Waals surface area contributed by atoms with Crippen LogP contribution in [-0.4, -0.2) is 41.6 Å². The number of hydrogen-bond donors (Lipinski definition) is 1. The van der Waals surface area contributed by atoms with Gasteiger partial charge in [0.25, 0.3) is 0 Å². The molecule has 1 fully saturated rings. The summed E-state index contributed by atoms with van der Waals surface area (Å²) >= 11 is 0. The average molecular weight is 444 g/mol. The lowest BCUT2D eigenvalue weighted by atomic mass is 9.69. The van der Waals surface area contributed by atoms with Crippen LogP contribution in [0.1, 0.15) is 64.4 Å². The maximum absolute atomic E-state index is 12.6. The Kier molecular flexibility index (Phi) is 10.4. The fraction of sp³-hybridized carbons (Fsp3) is 0.600. The number of carbonyl (C=O) groups is 2. The molecule has 1 aliphatic heterocycles. The summed E-state index contributed by atoms with van der Waals surface area (Å²) in [6.07, 6.45) is 6.58. The monoisotopic (exact) mass is 443 g/mol. The van der Waals surface area contributed by atoms with Crippen LogP contribution in [0.15, 0.2) is 48.2 Å². The number of carbonyl (C=O) groups excluding carboxylic acids is 2. The van der Waals surface area contributed by atoms with Gasteiger partial charge in [-0.1, -0.05) is 61.4 Å². The number of nitrogens with one attached hydrogen (secondary N) is 1. The lowest BCUT2D eigenvalue weighted by molar-refractivity contribution is -0.122. The first-order valence-corrected chi connectivity index (χ1v) is 11.6. The van der Waals surface area contributed by atoms with Crippen molar-refractivity contribution >= 4 is 12.0 Å². The highest BCUT2D eigenvalue weighted by molar-refractivity contribution is 5.74. The molecule has 0 bridgehead atoms. The Morgan fingerprint density at radius 1 is 1.31 bits per heavy atom. The first kappa shape index (κ1) is 25.6. The molecule has 7 nitrogen and oxygen atoms in total. The first-order valence-electron chi connectivity index (χ1n) is 11.6. The van der Waals surface area contributed by atoms with Crippen LogP contribution in [0.5, 0.6) is 0 Å². The van der Waals surface area contributed by atoms with Gasteiger partial charge in [-0.15, -0.1) is 6.58 Å². The van der Waals surface area contributed by atoms with Crippen molar-refractivity contribution in [3.8, 4) is 0 Å². The van der Waals surface area contributed by atoms with Gasteiger partial charge in [-0.3, -0.25) is 4.79 Å². The predicted octanol–water partition coefficient (Wildman–Crippen LogP) is 5.20. The van der Waals surface area contributed by atoms with Crippen molar-refractivity contribution in [1.82, 2.24) is 10.2 Å². The minimum atomic E-state index is -0.725. The van der Waals surface area contributed by atoms with Crippen LogP contribution >= 0.6 is 0 Å². The van der Waals surface area contributed by atoms with E-state index in [1.165, 1.54) is 6.92 Å². The number of hydrogen-bond acceptors (Lipinski definition) is 5. The van der Waals surface area contributed by atoms with Gasteiger partial charge in [-0.2, -0.15) is 4.91 Å². The van der Waals surface area contributed by atoms with Crippen molar-refractivity contribution in [3.05, 3.63) is 53.5 Å². The van der Waals surface area contributed by atoms with Gasteiger partial charge in [-0.05, 0) is 43.6 Å². The maximum Gasteiger partial charge on any atom is 0.410 e. The zero-order valence-corrected chi connectivity index (χ0v) is 19.4. The van der Waals surface area contributed by atoms with Crippen molar-refractivity contribution < 1.29 is 14.3 Å². The molecule has 1 saturated heterocycles. The third kappa shape index (κ3) is 6.90. The van der Waals surface area contributed by atoms with Gasteiger partial charge in [0.15, 0.2) is 0 Å². The van der Waals surface area contributed by atoms with Crippen molar-refractivity contribution in [2.45, 2.75) is 77.0 Å². The average Bonchev–Trinajstić information content (AvgIpc) is 2.81. The standard InChI is InChI=1S/C25H37N3O4/c1-4-6-13-23(27-31)25(16-7-5-2,26-20(3)29)22-14-17-28(18-15-22)24(30)32-19-21-11-9-8-10-12-21/h5,8-12,22-23H,2,4,6-7,13-19H2,1,3H3,(H,26,29). The van der Waals surface area contributed by atoms with Crippen LogP contribution in [0.3, 0.4) is 0 Å². The van der Waals surface area contributed by atoms with E-state index in [2.05, 4.69) is 24.0 Å². The van der Waals surface area contributed by atoms with E-state index >= 15 is 0 Å². The molecule has 0 aromatic heterocycles. The topological polar surface area (TPSA) is 88.1 Å². The maximum atomic E-state index is 12.6. The molecule has 2 amide bonds. The van der Waals surface area contributed by atoms with Crippen LogP contribution in [0, 0.1) is 10.8 Å². The van der Waals surface area contributed by atoms with Crippen LogP contribution in [0.25, 0.3) is 0 Å². The highest BCUT2D eigenvalue weighted by Gasteiger charge is 2.47. The molecule has 0 aliphatic carbocycles. The minimum absolute atomic E-state index is 0.0454. The van der Waals surface area contributed by atoms with Gasteiger partial charge in [0.05, 0.1) is 5.54 Å². The molecule has 1 N–H and O–H groups in total. The summed E-state index contributed by atoms with van der Waals surface area (Å²) in [4.78, 5) is 38.4. The van der Waals surface area contributed by atoms with Crippen molar-refractivity contribution in [1.29, 1.82) is 0 Å². The van der Waals surface area contributed by atoms with E-state index in [4.69, 9.17) is 4.74 Å². The molecule has 1 aliphatic rings. The summed E-state index contributed by atoms with van der Waals surface area (Å²) < 4.78 is 5.48. The van der Waals surface area contributed by atoms with Gasteiger partial charge in [0, 0.05) is 20.0 Å².